The maximum Gasteiger partial charge on any atom is 0.330 e. The third-order valence-electron chi connectivity index (χ3n) is 2.72. The van der Waals surface area contributed by atoms with Crippen LogP contribution in [0, 0.1) is 0 Å². The van der Waals surface area contributed by atoms with Crippen LogP contribution in [-0.4, -0.2) is 41.0 Å². The molecule has 21 heavy (non-hydrogen) atoms. The number of benzene rings is 1. The molecule has 0 heterocycles. The van der Waals surface area contributed by atoms with Crippen molar-refractivity contribution in [2.75, 3.05) is 35.0 Å². The number of hydrogen-bond acceptors (Lipinski definition) is 6. The summed E-state index contributed by atoms with van der Waals surface area (Å²) in [6, 6.07) is 1.66. The van der Waals surface area contributed by atoms with E-state index in [9.17, 15) is 4.79 Å². The van der Waals surface area contributed by atoms with Crippen LogP contribution in [0.1, 0.15) is 12.5 Å². The second-order valence-corrected chi connectivity index (χ2v) is 3.85. The van der Waals surface area contributed by atoms with Gasteiger partial charge >= 0.3 is 5.97 Å². The van der Waals surface area contributed by atoms with Gasteiger partial charge in [0.05, 0.1) is 40.6 Å². The number of esters is 1. The second kappa shape index (κ2) is 8.04. The van der Waals surface area contributed by atoms with Crippen molar-refractivity contribution in [1.82, 2.24) is 0 Å². The summed E-state index contributed by atoms with van der Waals surface area (Å²) in [4.78, 5) is 11.4. The summed E-state index contributed by atoms with van der Waals surface area (Å²) in [7, 11) is 6.04. The van der Waals surface area contributed by atoms with Crippen LogP contribution in [0.15, 0.2) is 12.1 Å². The molecule has 0 N–H and O–H groups in total. The summed E-state index contributed by atoms with van der Waals surface area (Å²) in [5.41, 5.74) is 0.561. The van der Waals surface area contributed by atoms with E-state index in [1.807, 2.05) is 0 Å². The largest absolute Gasteiger partial charge is 0.496 e. The predicted molar refractivity (Wildman–Crippen MR) is 78.3 cm³/mol. The van der Waals surface area contributed by atoms with Crippen LogP contribution in [0.25, 0.3) is 6.08 Å². The fourth-order valence-electron chi connectivity index (χ4n) is 1.82. The van der Waals surface area contributed by atoms with E-state index >= 15 is 0 Å². The molecule has 1 aromatic carbocycles. The van der Waals surface area contributed by atoms with Gasteiger partial charge < -0.3 is 23.7 Å². The fraction of sp³-hybridized carbons (Fsp3) is 0.400. The number of hydrogen-bond donors (Lipinski definition) is 0. The Hall–Kier alpha value is -2.37. The highest BCUT2D eigenvalue weighted by Crippen LogP contribution is 2.45. The third-order valence-corrected chi connectivity index (χ3v) is 2.72. The van der Waals surface area contributed by atoms with Crippen LogP contribution < -0.4 is 18.9 Å². The summed E-state index contributed by atoms with van der Waals surface area (Å²) in [5.74, 6) is 1.35. The number of carbonyl (C=O) groups is 1. The molecular weight excluding hydrogens is 276 g/mol. The van der Waals surface area contributed by atoms with Gasteiger partial charge in [0.2, 0.25) is 5.75 Å². The Labute approximate surface area is 124 Å². The van der Waals surface area contributed by atoms with Crippen molar-refractivity contribution in [3.8, 4) is 23.0 Å². The molecule has 1 aromatic rings. The Bertz CT molecular complexity index is 521. The quantitative estimate of drug-likeness (QED) is 0.568. The number of rotatable bonds is 7. The smallest absolute Gasteiger partial charge is 0.330 e. The lowest BCUT2D eigenvalue weighted by atomic mass is 10.1. The zero-order valence-corrected chi connectivity index (χ0v) is 12.9. The Morgan fingerprint density at radius 3 is 2.10 bits per heavy atom. The molecule has 0 aliphatic rings. The molecular formula is C15H20O6. The normalized spacial score (nSPS) is 10.3. The molecule has 6 nitrogen and oxygen atoms in total. The van der Waals surface area contributed by atoms with E-state index < -0.39 is 5.97 Å². The van der Waals surface area contributed by atoms with E-state index in [2.05, 4.69) is 0 Å². The van der Waals surface area contributed by atoms with Gasteiger partial charge in [0.1, 0.15) is 5.75 Å². The van der Waals surface area contributed by atoms with E-state index in [0.29, 0.717) is 35.2 Å². The highest BCUT2D eigenvalue weighted by atomic mass is 16.5. The van der Waals surface area contributed by atoms with Gasteiger partial charge in [-0.3, -0.25) is 0 Å². The molecule has 0 saturated carbocycles. The lowest BCUT2D eigenvalue weighted by molar-refractivity contribution is -0.137. The number of carbonyl (C=O) groups excluding carboxylic acids is 1. The molecule has 0 radical (unpaired) electrons. The van der Waals surface area contributed by atoms with Gasteiger partial charge in [-0.1, -0.05) is 0 Å². The van der Waals surface area contributed by atoms with Crippen molar-refractivity contribution in [3.63, 3.8) is 0 Å². The highest BCUT2D eigenvalue weighted by molar-refractivity contribution is 5.89. The van der Waals surface area contributed by atoms with Gasteiger partial charge in [-0.05, 0) is 13.0 Å². The lowest BCUT2D eigenvalue weighted by Gasteiger charge is -2.17. The van der Waals surface area contributed by atoms with Crippen molar-refractivity contribution in [2.45, 2.75) is 6.92 Å². The first-order valence-electron chi connectivity index (χ1n) is 6.34. The molecule has 0 amide bonds. The van der Waals surface area contributed by atoms with Crippen LogP contribution in [0.5, 0.6) is 23.0 Å². The minimum Gasteiger partial charge on any atom is -0.496 e. The van der Waals surface area contributed by atoms with Crippen LogP contribution in [-0.2, 0) is 9.53 Å². The Balaban J connectivity index is 3.37. The Morgan fingerprint density at radius 1 is 1.00 bits per heavy atom. The van der Waals surface area contributed by atoms with Crippen LogP contribution in [0.4, 0.5) is 0 Å². The van der Waals surface area contributed by atoms with Crippen LogP contribution >= 0.6 is 0 Å². The molecule has 0 saturated heterocycles. The molecule has 0 aliphatic carbocycles. The minimum absolute atomic E-state index is 0.309. The summed E-state index contributed by atoms with van der Waals surface area (Å²) >= 11 is 0. The van der Waals surface area contributed by atoms with Crippen molar-refractivity contribution in [1.29, 1.82) is 0 Å². The molecule has 0 spiro atoms. The number of methoxy groups -OCH3 is 4. The average molecular weight is 296 g/mol. The van der Waals surface area contributed by atoms with Gasteiger partial charge in [-0.15, -0.1) is 0 Å². The van der Waals surface area contributed by atoms with Crippen LogP contribution in [0.3, 0.4) is 0 Å². The predicted octanol–water partition coefficient (Wildman–Crippen LogP) is 2.30. The summed E-state index contributed by atoms with van der Waals surface area (Å²) in [5, 5.41) is 0. The first-order chi connectivity index (χ1) is 10.1. The Kier molecular flexibility index (Phi) is 6.39. The molecule has 0 atom stereocenters. The zero-order valence-electron chi connectivity index (χ0n) is 12.9. The molecule has 1 rings (SSSR count). The molecule has 116 valence electrons. The molecule has 0 bridgehead atoms. The van der Waals surface area contributed by atoms with E-state index in [1.54, 1.807) is 19.1 Å². The van der Waals surface area contributed by atoms with Gasteiger partial charge in [-0.25, -0.2) is 4.79 Å². The summed E-state index contributed by atoms with van der Waals surface area (Å²) < 4.78 is 26.0. The van der Waals surface area contributed by atoms with E-state index in [1.165, 1.54) is 34.5 Å². The zero-order chi connectivity index (χ0) is 15.8. The standard InChI is InChI=1S/C15H20O6/c1-6-21-13(16)8-7-10-11(17-2)9-12(18-3)15(20-5)14(10)19-4/h7-9H,6H2,1-5H3. The fourth-order valence-corrected chi connectivity index (χ4v) is 1.82. The Morgan fingerprint density at radius 2 is 1.62 bits per heavy atom. The first-order valence-corrected chi connectivity index (χ1v) is 6.34. The average Bonchev–Trinajstić information content (AvgIpc) is 2.51. The minimum atomic E-state index is -0.448. The van der Waals surface area contributed by atoms with E-state index in [0.717, 1.165) is 0 Å². The van der Waals surface area contributed by atoms with Crippen molar-refractivity contribution in [2.24, 2.45) is 0 Å². The van der Waals surface area contributed by atoms with Gasteiger partial charge in [0, 0.05) is 12.1 Å². The van der Waals surface area contributed by atoms with Gasteiger partial charge in [0.15, 0.2) is 11.5 Å². The number of ether oxygens (including phenoxy) is 5. The van der Waals surface area contributed by atoms with Gasteiger partial charge in [0.25, 0.3) is 0 Å². The topological polar surface area (TPSA) is 63.2 Å². The van der Waals surface area contributed by atoms with E-state index in [4.69, 9.17) is 23.7 Å². The van der Waals surface area contributed by atoms with Crippen LogP contribution in [0.2, 0.25) is 0 Å². The first kappa shape index (κ1) is 16.7. The van der Waals surface area contributed by atoms with Crippen molar-refractivity contribution < 1.29 is 28.5 Å². The molecule has 6 heteroatoms. The van der Waals surface area contributed by atoms with E-state index in [-0.39, 0.29) is 0 Å². The van der Waals surface area contributed by atoms with Crippen molar-refractivity contribution in [3.05, 3.63) is 17.7 Å². The SMILES string of the molecule is CCOC(=O)C=Cc1c(OC)cc(OC)c(OC)c1OC. The summed E-state index contributed by atoms with van der Waals surface area (Å²) in [6.07, 6.45) is 2.85. The maximum absolute atomic E-state index is 11.4. The molecule has 0 fully saturated rings. The summed E-state index contributed by atoms with van der Waals surface area (Å²) in [6.45, 7) is 2.05. The molecule has 0 aliphatic heterocycles. The monoisotopic (exact) mass is 296 g/mol. The molecule has 0 aromatic heterocycles. The lowest BCUT2D eigenvalue weighted by Crippen LogP contribution is -2.01. The third kappa shape index (κ3) is 3.81. The molecule has 0 unspecified atom stereocenters. The van der Waals surface area contributed by atoms with Crippen molar-refractivity contribution >= 4 is 12.0 Å². The second-order valence-electron chi connectivity index (χ2n) is 3.85. The maximum atomic E-state index is 11.4. The van der Waals surface area contributed by atoms with Gasteiger partial charge in [-0.2, -0.15) is 0 Å². The highest BCUT2D eigenvalue weighted by Gasteiger charge is 2.19.